The maximum Gasteiger partial charge on any atom is 0.255 e. The Morgan fingerprint density at radius 2 is 1.83 bits per heavy atom. The average Bonchev–Trinajstić information content (AvgIpc) is 3.40. The molecule has 0 radical (unpaired) electrons. The molecule has 2 fully saturated rings. The Labute approximate surface area is 258 Å². The monoisotopic (exact) mass is 632 g/mol. The quantitative estimate of drug-likeness (QED) is 0.274. The van der Waals surface area contributed by atoms with Gasteiger partial charge in [0.25, 0.3) is 5.91 Å². The van der Waals surface area contributed by atoms with E-state index in [-0.39, 0.29) is 34.4 Å². The molecule has 1 amide bonds. The van der Waals surface area contributed by atoms with Crippen LogP contribution < -0.4 is 0 Å². The zero-order chi connectivity index (χ0) is 29.7. The maximum atomic E-state index is 13.9. The van der Waals surface area contributed by atoms with Gasteiger partial charge in [0, 0.05) is 37.2 Å². The molecule has 8 nitrogen and oxygen atoms in total. The second-order valence-corrected chi connectivity index (χ2v) is 14.0. The van der Waals surface area contributed by atoms with Crippen LogP contribution in [0.2, 0.25) is 10.0 Å². The first-order valence-electron chi connectivity index (χ1n) is 14.6. The molecule has 0 N–H and O–H groups in total. The number of ether oxygens (including phenoxy) is 1. The normalized spacial score (nSPS) is 16.9. The number of sulfone groups is 1. The van der Waals surface area contributed by atoms with E-state index in [1.54, 1.807) is 29.3 Å². The molecule has 1 aliphatic heterocycles. The van der Waals surface area contributed by atoms with Gasteiger partial charge in [-0.05, 0) is 43.5 Å². The summed E-state index contributed by atoms with van der Waals surface area (Å²) < 4.78 is 35.1. The van der Waals surface area contributed by atoms with Gasteiger partial charge in [-0.25, -0.2) is 13.4 Å². The van der Waals surface area contributed by atoms with Gasteiger partial charge < -0.3 is 14.2 Å². The Bertz CT molecular complexity index is 1500. The third-order valence-corrected chi connectivity index (χ3v) is 10.2. The molecule has 0 unspecified atom stereocenters. The van der Waals surface area contributed by atoms with Gasteiger partial charge in [0.1, 0.15) is 0 Å². The number of aryl methyl sites for hydroxylation is 1. The van der Waals surface area contributed by atoms with Gasteiger partial charge in [-0.15, -0.1) is 0 Å². The van der Waals surface area contributed by atoms with E-state index in [1.165, 1.54) is 0 Å². The number of benzene rings is 2. The topological polar surface area (TPSA) is 84.7 Å². The van der Waals surface area contributed by atoms with E-state index in [1.807, 2.05) is 35.8 Å². The van der Waals surface area contributed by atoms with Crippen LogP contribution in [0.5, 0.6) is 0 Å². The molecule has 0 bridgehead atoms. The molecule has 1 saturated carbocycles. The van der Waals surface area contributed by atoms with Gasteiger partial charge in [0.05, 0.1) is 48.0 Å². The fourth-order valence-corrected chi connectivity index (χ4v) is 7.92. The van der Waals surface area contributed by atoms with Crippen molar-refractivity contribution < 1.29 is 17.9 Å². The van der Waals surface area contributed by atoms with E-state index < -0.39 is 9.84 Å². The molecular formula is C31H38Cl2N4O4S. The summed E-state index contributed by atoms with van der Waals surface area (Å²) in [7, 11) is -3.75. The number of nitrogens with zero attached hydrogens (tertiary/aromatic N) is 4. The van der Waals surface area contributed by atoms with Crippen molar-refractivity contribution in [2.24, 2.45) is 0 Å². The Balaban J connectivity index is 1.48. The number of hydrogen-bond donors (Lipinski definition) is 0. The highest BCUT2D eigenvalue weighted by Crippen LogP contribution is 2.33. The summed E-state index contributed by atoms with van der Waals surface area (Å²) >= 11 is 12.6. The molecule has 3 aromatic rings. The van der Waals surface area contributed by atoms with E-state index in [0.717, 1.165) is 56.3 Å². The Morgan fingerprint density at radius 1 is 1.07 bits per heavy atom. The molecule has 5 rings (SSSR count). The first-order chi connectivity index (χ1) is 20.2. The molecule has 1 aromatic heterocycles. The smallest absolute Gasteiger partial charge is 0.255 e. The largest absolute Gasteiger partial charge is 0.379 e. The van der Waals surface area contributed by atoms with Crippen LogP contribution in [0.15, 0.2) is 53.8 Å². The van der Waals surface area contributed by atoms with Crippen LogP contribution in [-0.4, -0.2) is 73.1 Å². The van der Waals surface area contributed by atoms with Crippen molar-refractivity contribution in [2.45, 2.75) is 62.5 Å². The van der Waals surface area contributed by atoms with Crippen molar-refractivity contribution in [3.63, 3.8) is 0 Å². The number of morpholine rings is 1. The lowest BCUT2D eigenvalue weighted by Gasteiger charge is -2.31. The molecule has 0 spiro atoms. The predicted octanol–water partition coefficient (Wildman–Crippen LogP) is 5.95. The van der Waals surface area contributed by atoms with E-state index in [4.69, 9.17) is 27.9 Å². The zero-order valence-electron chi connectivity index (χ0n) is 24.0. The highest BCUT2D eigenvalue weighted by atomic mass is 35.5. The van der Waals surface area contributed by atoms with Crippen LogP contribution in [0.4, 0.5) is 0 Å². The molecule has 2 aliphatic rings. The lowest BCUT2D eigenvalue weighted by molar-refractivity contribution is 0.0318. The van der Waals surface area contributed by atoms with E-state index in [0.29, 0.717) is 42.6 Å². The number of rotatable bonds is 10. The first-order valence-corrected chi connectivity index (χ1v) is 17.0. The Kier molecular flexibility index (Phi) is 10.3. The van der Waals surface area contributed by atoms with Crippen LogP contribution in [0.3, 0.4) is 0 Å². The number of carbonyl (C=O) groups is 1. The summed E-state index contributed by atoms with van der Waals surface area (Å²) in [5.41, 5.74) is 2.81. The van der Waals surface area contributed by atoms with Crippen molar-refractivity contribution in [1.82, 2.24) is 19.4 Å². The van der Waals surface area contributed by atoms with Gasteiger partial charge in [0.15, 0.2) is 0 Å². The lowest BCUT2D eigenvalue weighted by atomic mass is 9.95. The van der Waals surface area contributed by atoms with Crippen LogP contribution in [-0.2, 0) is 26.9 Å². The molecular weight excluding hydrogens is 595 g/mol. The summed E-state index contributed by atoms with van der Waals surface area (Å²) in [6, 6.07) is 12.4. The van der Waals surface area contributed by atoms with Crippen molar-refractivity contribution in [3.05, 3.63) is 81.1 Å². The molecule has 1 aliphatic carbocycles. The predicted molar refractivity (Wildman–Crippen MR) is 165 cm³/mol. The van der Waals surface area contributed by atoms with E-state index >= 15 is 0 Å². The maximum absolute atomic E-state index is 13.9. The van der Waals surface area contributed by atoms with Crippen molar-refractivity contribution in [3.8, 4) is 0 Å². The highest BCUT2D eigenvalue weighted by Gasteiger charge is 2.31. The summed E-state index contributed by atoms with van der Waals surface area (Å²) in [5, 5.41) is 0.817. The third kappa shape index (κ3) is 7.55. The standard InChI is InChI=1S/C31H38Cl2N4O4S/c1-23-6-5-7-24(18-23)22-42(39,40)31-34-20-27(37(31)26-8-3-2-4-9-26)21-36(13-12-35-14-16-41-17-15-35)30(38)28-11-10-25(32)19-29(28)33/h5-7,10-11,18-20,26H,2-4,8-9,12-17,21-22H2,1H3. The van der Waals surface area contributed by atoms with Gasteiger partial charge in [-0.2, -0.15) is 0 Å². The van der Waals surface area contributed by atoms with E-state index in [9.17, 15) is 13.2 Å². The lowest BCUT2D eigenvalue weighted by Crippen LogP contribution is -2.43. The van der Waals surface area contributed by atoms with Crippen LogP contribution in [0, 0.1) is 6.92 Å². The Hall–Kier alpha value is -2.43. The minimum Gasteiger partial charge on any atom is -0.379 e. The van der Waals surface area contributed by atoms with Gasteiger partial charge >= 0.3 is 0 Å². The van der Waals surface area contributed by atoms with Crippen LogP contribution in [0.1, 0.15) is 65.3 Å². The van der Waals surface area contributed by atoms with Gasteiger partial charge in [-0.3, -0.25) is 9.69 Å². The molecule has 226 valence electrons. The number of carbonyl (C=O) groups excluding carboxylic acids is 1. The number of halogens is 2. The number of imidazole rings is 1. The number of amides is 1. The second kappa shape index (κ2) is 13.9. The molecule has 42 heavy (non-hydrogen) atoms. The van der Waals surface area contributed by atoms with E-state index in [2.05, 4.69) is 9.88 Å². The SMILES string of the molecule is Cc1cccc(CS(=O)(=O)c2ncc(CN(CCN3CCOCC3)C(=O)c3ccc(Cl)cc3Cl)n2C2CCCCC2)c1. The minimum absolute atomic E-state index is 0.00819. The molecule has 2 aromatic carbocycles. The Morgan fingerprint density at radius 3 is 2.55 bits per heavy atom. The van der Waals surface area contributed by atoms with Gasteiger partial charge in [-0.1, -0.05) is 72.3 Å². The first kappa shape index (κ1) is 31.0. The van der Waals surface area contributed by atoms with Crippen LogP contribution >= 0.6 is 23.2 Å². The molecule has 0 atom stereocenters. The van der Waals surface area contributed by atoms with Crippen molar-refractivity contribution >= 4 is 38.9 Å². The average molecular weight is 634 g/mol. The fraction of sp³-hybridized carbons (Fsp3) is 0.484. The fourth-order valence-electron chi connectivity index (χ4n) is 5.91. The van der Waals surface area contributed by atoms with Crippen molar-refractivity contribution in [2.75, 3.05) is 39.4 Å². The van der Waals surface area contributed by atoms with Gasteiger partial charge in [0.2, 0.25) is 15.0 Å². The minimum atomic E-state index is -3.75. The number of aromatic nitrogens is 2. The second-order valence-electron chi connectivity index (χ2n) is 11.2. The van der Waals surface area contributed by atoms with Crippen LogP contribution in [0.25, 0.3) is 0 Å². The van der Waals surface area contributed by atoms with Crippen molar-refractivity contribution in [1.29, 1.82) is 0 Å². The molecule has 1 saturated heterocycles. The molecule has 2 heterocycles. The summed E-state index contributed by atoms with van der Waals surface area (Å²) in [4.78, 5) is 22.5. The summed E-state index contributed by atoms with van der Waals surface area (Å²) in [5.74, 6) is -0.358. The summed E-state index contributed by atoms with van der Waals surface area (Å²) in [6.07, 6.45) is 6.57. The highest BCUT2D eigenvalue weighted by molar-refractivity contribution is 7.90. The molecule has 11 heteroatoms. The zero-order valence-corrected chi connectivity index (χ0v) is 26.3. The number of hydrogen-bond acceptors (Lipinski definition) is 6. The third-order valence-electron chi connectivity index (χ3n) is 8.09. The summed E-state index contributed by atoms with van der Waals surface area (Å²) in [6.45, 7) is 6.19.